The maximum absolute atomic E-state index is 3.66. The molecule has 0 aliphatic heterocycles. The lowest BCUT2D eigenvalue weighted by Crippen LogP contribution is -2.16. The van der Waals surface area contributed by atoms with E-state index in [0.717, 1.165) is 10.1 Å². The average Bonchev–Trinajstić information content (AvgIpc) is 1.88. The summed E-state index contributed by atoms with van der Waals surface area (Å²) in [4.78, 5) is 0.809. The Bertz CT molecular complexity index is 85.0. The van der Waals surface area contributed by atoms with Crippen molar-refractivity contribution in [2.75, 3.05) is 6.26 Å². The van der Waals surface area contributed by atoms with Crippen molar-refractivity contribution in [3.05, 3.63) is 0 Å². The smallest absolute Gasteiger partial charge is 0.0156 e. The van der Waals surface area contributed by atoms with Crippen LogP contribution in [0.1, 0.15) is 25.7 Å². The number of alkyl halides is 1. The molecule has 0 aromatic carbocycles. The maximum Gasteiger partial charge on any atom is 0.0156 e. The van der Waals surface area contributed by atoms with Crippen molar-refractivity contribution in [2.24, 2.45) is 0 Å². The van der Waals surface area contributed by atoms with Gasteiger partial charge in [-0.3, -0.25) is 0 Å². The molecular formula is C7H13BrS. The highest BCUT2D eigenvalue weighted by Gasteiger charge is 2.18. The van der Waals surface area contributed by atoms with Crippen LogP contribution in [0, 0.1) is 0 Å². The third-order valence-corrected chi connectivity index (χ3v) is 3.82. The lowest BCUT2D eigenvalue weighted by molar-refractivity contribution is 0.534. The van der Waals surface area contributed by atoms with Crippen LogP contribution in [0.4, 0.5) is 0 Å². The van der Waals surface area contributed by atoms with Crippen molar-refractivity contribution in [3.63, 3.8) is 0 Å². The Morgan fingerprint density at radius 3 is 2.67 bits per heavy atom. The number of rotatable bonds is 1. The minimum Gasteiger partial charge on any atom is -0.162 e. The van der Waals surface area contributed by atoms with Gasteiger partial charge in [0.15, 0.2) is 0 Å². The Hall–Kier alpha value is 0.830. The van der Waals surface area contributed by atoms with Crippen LogP contribution in [0.2, 0.25) is 0 Å². The molecule has 0 aromatic rings. The Morgan fingerprint density at radius 1 is 1.44 bits per heavy atom. The average molecular weight is 209 g/mol. The monoisotopic (exact) mass is 208 g/mol. The summed E-state index contributed by atoms with van der Waals surface area (Å²) in [6, 6.07) is 0. The molecular weight excluding hydrogens is 196 g/mol. The van der Waals surface area contributed by atoms with Gasteiger partial charge in [0.25, 0.3) is 0 Å². The Balaban J connectivity index is 2.23. The highest BCUT2D eigenvalue weighted by Crippen LogP contribution is 2.30. The van der Waals surface area contributed by atoms with E-state index in [2.05, 4.69) is 22.2 Å². The third kappa shape index (κ3) is 2.50. The molecule has 0 saturated heterocycles. The van der Waals surface area contributed by atoms with Crippen molar-refractivity contribution in [2.45, 2.75) is 35.8 Å². The molecule has 1 saturated carbocycles. The molecule has 0 amide bonds. The van der Waals surface area contributed by atoms with E-state index in [-0.39, 0.29) is 0 Å². The molecule has 0 radical (unpaired) electrons. The molecule has 0 bridgehead atoms. The molecule has 54 valence electrons. The fourth-order valence-electron chi connectivity index (χ4n) is 1.30. The second-order valence-corrected chi connectivity index (χ2v) is 5.05. The minimum absolute atomic E-state index is 0.809. The van der Waals surface area contributed by atoms with Crippen LogP contribution in [0.25, 0.3) is 0 Å². The van der Waals surface area contributed by atoms with E-state index in [4.69, 9.17) is 0 Å². The number of halogens is 1. The second-order valence-electron chi connectivity index (χ2n) is 2.62. The van der Waals surface area contributed by atoms with Crippen LogP contribution in [-0.2, 0) is 0 Å². The van der Waals surface area contributed by atoms with Crippen LogP contribution >= 0.6 is 27.7 Å². The van der Waals surface area contributed by atoms with E-state index in [1.54, 1.807) is 0 Å². The lowest BCUT2D eigenvalue weighted by Gasteiger charge is -2.23. The molecule has 0 nitrogen and oxygen atoms in total. The number of thioether (sulfide) groups is 1. The first-order chi connectivity index (χ1) is 4.33. The van der Waals surface area contributed by atoms with E-state index in [0.29, 0.717) is 0 Å². The Kier molecular flexibility index (Phi) is 3.41. The fourth-order valence-corrected chi connectivity index (χ4v) is 3.15. The molecule has 2 unspecified atom stereocenters. The quantitative estimate of drug-likeness (QED) is 0.598. The summed E-state index contributed by atoms with van der Waals surface area (Å²) in [6.07, 6.45) is 7.83. The summed E-state index contributed by atoms with van der Waals surface area (Å²) >= 11 is 5.68. The normalized spacial score (nSPS) is 36.7. The predicted octanol–water partition coefficient (Wildman–Crippen LogP) is 3.06. The van der Waals surface area contributed by atoms with Crippen LogP contribution in [0.3, 0.4) is 0 Å². The van der Waals surface area contributed by atoms with Gasteiger partial charge in [-0.15, -0.1) is 0 Å². The number of hydrogen-bond donors (Lipinski definition) is 0. The van der Waals surface area contributed by atoms with Crippen LogP contribution in [0.15, 0.2) is 0 Å². The van der Waals surface area contributed by atoms with Gasteiger partial charge in [0.2, 0.25) is 0 Å². The molecule has 2 atom stereocenters. The van der Waals surface area contributed by atoms with Crippen molar-refractivity contribution in [3.8, 4) is 0 Å². The molecule has 1 aliphatic carbocycles. The highest BCUT2D eigenvalue weighted by atomic mass is 79.9. The summed E-state index contributed by atoms with van der Waals surface area (Å²) in [5.41, 5.74) is 0. The lowest BCUT2D eigenvalue weighted by atomic mass is 10.0. The van der Waals surface area contributed by atoms with Crippen molar-refractivity contribution in [1.82, 2.24) is 0 Å². The summed E-state index contributed by atoms with van der Waals surface area (Å²) in [6.45, 7) is 0. The van der Waals surface area contributed by atoms with Crippen molar-refractivity contribution in [1.29, 1.82) is 0 Å². The first-order valence-electron chi connectivity index (χ1n) is 3.50. The van der Waals surface area contributed by atoms with E-state index in [1.165, 1.54) is 25.7 Å². The molecule has 1 fully saturated rings. The summed E-state index contributed by atoms with van der Waals surface area (Å²) in [5.74, 6) is 0. The first kappa shape index (κ1) is 7.93. The molecule has 1 rings (SSSR count). The number of hydrogen-bond acceptors (Lipinski definition) is 1. The highest BCUT2D eigenvalue weighted by molar-refractivity contribution is 9.09. The molecule has 0 aromatic heterocycles. The van der Waals surface area contributed by atoms with Crippen LogP contribution in [-0.4, -0.2) is 16.3 Å². The summed E-state index contributed by atoms with van der Waals surface area (Å²) in [7, 11) is 0. The fraction of sp³-hybridized carbons (Fsp3) is 1.00. The SMILES string of the molecule is CSC1CCCC(Br)C1. The van der Waals surface area contributed by atoms with Gasteiger partial charge in [-0.05, 0) is 25.5 Å². The molecule has 1 aliphatic rings. The molecule has 9 heavy (non-hydrogen) atoms. The van der Waals surface area contributed by atoms with Gasteiger partial charge in [0.05, 0.1) is 0 Å². The van der Waals surface area contributed by atoms with E-state index in [9.17, 15) is 0 Å². The van der Waals surface area contributed by atoms with Gasteiger partial charge in [0, 0.05) is 10.1 Å². The zero-order chi connectivity index (χ0) is 6.69. The van der Waals surface area contributed by atoms with E-state index < -0.39 is 0 Å². The second kappa shape index (κ2) is 3.87. The van der Waals surface area contributed by atoms with Gasteiger partial charge in [-0.2, -0.15) is 11.8 Å². The third-order valence-electron chi connectivity index (χ3n) is 1.90. The minimum atomic E-state index is 0.809. The predicted molar refractivity (Wildman–Crippen MR) is 48.5 cm³/mol. The standard InChI is InChI=1S/C7H13BrS/c1-9-7-4-2-3-6(8)5-7/h6-7H,2-5H2,1H3. The summed E-state index contributed by atoms with van der Waals surface area (Å²) in [5, 5.41) is 0.933. The topological polar surface area (TPSA) is 0 Å². The van der Waals surface area contributed by atoms with Gasteiger partial charge < -0.3 is 0 Å². The van der Waals surface area contributed by atoms with Crippen molar-refractivity contribution < 1.29 is 0 Å². The van der Waals surface area contributed by atoms with Gasteiger partial charge in [0.1, 0.15) is 0 Å². The molecule has 2 heteroatoms. The largest absolute Gasteiger partial charge is 0.162 e. The van der Waals surface area contributed by atoms with Gasteiger partial charge in [-0.1, -0.05) is 22.4 Å². The first-order valence-corrected chi connectivity index (χ1v) is 5.70. The zero-order valence-corrected chi connectivity index (χ0v) is 8.17. The molecule has 0 heterocycles. The zero-order valence-electron chi connectivity index (χ0n) is 5.77. The van der Waals surface area contributed by atoms with E-state index in [1.807, 2.05) is 11.8 Å². The van der Waals surface area contributed by atoms with Crippen LogP contribution in [0.5, 0.6) is 0 Å². The van der Waals surface area contributed by atoms with Crippen molar-refractivity contribution >= 4 is 27.7 Å². The summed E-state index contributed by atoms with van der Waals surface area (Å²) < 4.78 is 0. The Morgan fingerprint density at radius 2 is 2.22 bits per heavy atom. The van der Waals surface area contributed by atoms with Gasteiger partial charge in [-0.25, -0.2) is 0 Å². The Labute approximate surface area is 69.9 Å². The van der Waals surface area contributed by atoms with Gasteiger partial charge >= 0.3 is 0 Å². The molecule has 0 spiro atoms. The molecule has 0 N–H and O–H groups in total. The van der Waals surface area contributed by atoms with Crippen LogP contribution < -0.4 is 0 Å². The maximum atomic E-state index is 3.66. The van der Waals surface area contributed by atoms with E-state index >= 15 is 0 Å².